The summed E-state index contributed by atoms with van der Waals surface area (Å²) in [6.45, 7) is 0. The Labute approximate surface area is 162 Å². The van der Waals surface area contributed by atoms with Crippen LogP contribution in [0.1, 0.15) is 34.5 Å². The van der Waals surface area contributed by atoms with Crippen LogP contribution in [0.3, 0.4) is 0 Å². The smallest absolute Gasteiger partial charge is 0.408 e. The van der Waals surface area contributed by atoms with Gasteiger partial charge in [-0.05, 0) is 17.6 Å². The molecule has 2 atom stereocenters. The van der Waals surface area contributed by atoms with E-state index in [1.807, 2.05) is 0 Å². The molecule has 3 aromatic rings. The second kappa shape index (κ2) is 7.59. The van der Waals surface area contributed by atoms with Crippen molar-refractivity contribution in [2.24, 2.45) is 0 Å². The van der Waals surface area contributed by atoms with Crippen molar-refractivity contribution < 1.29 is 22.7 Å². The number of carbonyl (C=O) groups excluding carboxylic acids is 1. The van der Waals surface area contributed by atoms with Gasteiger partial charge in [-0.2, -0.15) is 0 Å². The van der Waals surface area contributed by atoms with Crippen LogP contribution in [0.2, 0.25) is 0 Å². The molecule has 2 unspecified atom stereocenters. The molecule has 1 amide bonds. The molecule has 4 rings (SSSR count). The quantitative estimate of drug-likeness (QED) is 0.673. The van der Waals surface area contributed by atoms with Crippen molar-refractivity contribution in [3.63, 3.8) is 0 Å². The topological polar surface area (TPSA) is 77.0 Å². The number of hydrogen-bond acceptors (Lipinski definition) is 5. The molecule has 3 heterocycles. The van der Waals surface area contributed by atoms with Crippen LogP contribution in [0.5, 0.6) is 0 Å². The van der Waals surface area contributed by atoms with Crippen molar-refractivity contribution in [1.29, 1.82) is 0 Å². The molecular weight excluding hydrogens is 385 g/mol. The van der Waals surface area contributed by atoms with E-state index >= 15 is 0 Å². The van der Waals surface area contributed by atoms with Crippen molar-refractivity contribution in [3.8, 4) is 11.8 Å². The lowest BCUT2D eigenvalue weighted by molar-refractivity contribution is 0.127. The molecule has 1 aliphatic heterocycles. The standard InChI is InChI=1S/C20H11F3N4O2/c21-13-6-15(22)17(16(23)7-13)19-18(27-20(28)29-19)12-5-11(8-25-9-12)1-2-14-10-24-3-4-26-14/h3-10,18-19H,(H,27,28). The molecule has 0 saturated carbocycles. The van der Waals surface area contributed by atoms with Crippen LogP contribution < -0.4 is 5.32 Å². The monoisotopic (exact) mass is 396 g/mol. The Kier molecular flexibility index (Phi) is 4.83. The summed E-state index contributed by atoms with van der Waals surface area (Å²) in [5, 5.41) is 2.49. The number of carbonyl (C=O) groups is 1. The molecule has 0 aliphatic carbocycles. The van der Waals surface area contributed by atoms with Gasteiger partial charge in [0.1, 0.15) is 29.2 Å². The fraction of sp³-hybridized carbons (Fsp3) is 0.100. The molecular formula is C20H11F3N4O2. The van der Waals surface area contributed by atoms with Gasteiger partial charge in [0, 0.05) is 42.5 Å². The fourth-order valence-corrected chi connectivity index (χ4v) is 2.92. The lowest BCUT2D eigenvalue weighted by Crippen LogP contribution is -2.20. The highest BCUT2D eigenvalue weighted by Crippen LogP contribution is 2.39. The van der Waals surface area contributed by atoms with Gasteiger partial charge in [0.05, 0.1) is 11.8 Å². The first-order valence-corrected chi connectivity index (χ1v) is 8.36. The van der Waals surface area contributed by atoms with E-state index in [-0.39, 0.29) is 0 Å². The summed E-state index contributed by atoms with van der Waals surface area (Å²) in [6, 6.07) is 1.72. The van der Waals surface area contributed by atoms with Gasteiger partial charge >= 0.3 is 6.09 Å². The van der Waals surface area contributed by atoms with E-state index < -0.39 is 41.3 Å². The summed E-state index contributed by atoms with van der Waals surface area (Å²) in [7, 11) is 0. The summed E-state index contributed by atoms with van der Waals surface area (Å²) < 4.78 is 46.7. The number of amides is 1. The number of alkyl carbamates (subject to hydrolysis) is 1. The Morgan fingerprint density at radius 1 is 0.966 bits per heavy atom. The summed E-state index contributed by atoms with van der Waals surface area (Å²) in [6.07, 6.45) is 5.21. The lowest BCUT2D eigenvalue weighted by atomic mass is 9.96. The maximum atomic E-state index is 14.2. The van der Waals surface area contributed by atoms with Crippen molar-refractivity contribution in [2.75, 3.05) is 0 Å². The minimum atomic E-state index is -1.34. The normalized spacial score (nSPS) is 17.8. The lowest BCUT2D eigenvalue weighted by Gasteiger charge is -2.18. The van der Waals surface area contributed by atoms with E-state index in [2.05, 4.69) is 32.1 Å². The number of hydrogen-bond donors (Lipinski definition) is 1. The van der Waals surface area contributed by atoms with Crippen LogP contribution >= 0.6 is 0 Å². The third kappa shape index (κ3) is 3.87. The van der Waals surface area contributed by atoms with E-state index in [0.717, 1.165) is 0 Å². The first kappa shape index (κ1) is 18.4. The van der Waals surface area contributed by atoms with Crippen molar-refractivity contribution in [1.82, 2.24) is 20.3 Å². The summed E-state index contributed by atoms with van der Waals surface area (Å²) in [5.41, 5.74) is 0.789. The fourth-order valence-electron chi connectivity index (χ4n) is 2.92. The zero-order chi connectivity index (χ0) is 20.4. The number of ether oxygens (including phenoxy) is 1. The average molecular weight is 396 g/mol. The van der Waals surface area contributed by atoms with Gasteiger partial charge in [0.2, 0.25) is 0 Å². The molecule has 1 N–H and O–H groups in total. The Morgan fingerprint density at radius 3 is 2.48 bits per heavy atom. The second-order valence-corrected chi connectivity index (χ2v) is 6.08. The summed E-state index contributed by atoms with van der Waals surface area (Å²) in [5.74, 6) is 2.29. The third-order valence-corrected chi connectivity index (χ3v) is 4.16. The van der Waals surface area contributed by atoms with Crippen LogP contribution in [0.15, 0.2) is 49.2 Å². The molecule has 1 fully saturated rings. The van der Waals surface area contributed by atoms with Gasteiger partial charge < -0.3 is 10.1 Å². The number of benzene rings is 1. The van der Waals surface area contributed by atoms with Crippen LogP contribution in [0, 0.1) is 29.3 Å². The van der Waals surface area contributed by atoms with Crippen molar-refractivity contribution >= 4 is 6.09 Å². The molecule has 0 bridgehead atoms. The minimum absolute atomic E-state index is 0.412. The second-order valence-electron chi connectivity index (χ2n) is 6.08. The van der Waals surface area contributed by atoms with E-state index in [0.29, 0.717) is 29.0 Å². The van der Waals surface area contributed by atoms with Gasteiger partial charge in [0.25, 0.3) is 0 Å². The molecule has 6 nitrogen and oxygen atoms in total. The van der Waals surface area contributed by atoms with E-state index in [1.54, 1.807) is 6.07 Å². The number of halogens is 3. The number of pyridine rings is 1. The number of rotatable bonds is 2. The predicted octanol–water partition coefficient (Wildman–Crippen LogP) is 3.21. The largest absolute Gasteiger partial charge is 0.439 e. The third-order valence-electron chi connectivity index (χ3n) is 4.16. The Balaban J connectivity index is 1.69. The van der Waals surface area contributed by atoms with Gasteiger partial charge in [0.15, 0.2) is 6.10 Å². The Morgan fingerprint density at radius 2 is 1.76 bits per heavy atom. The van der Waals surface area contributed by atoms with Crippen molar-refractivity contribution in [2.45, 2.75) is 12.1 Å². The highest BCUT2D eigenvalue weighted by molar-refractivity contribution is 5.71. The van der Waals surface area contributed by atoms with Gasteiger partial charge in [-0.25, -0.2) is 22.9 Å². The number of cyclic esters (lactones) is 1. The van der Waals surface area contributed by atoms with Crippen LogP contribution in [-0.2, 0) is 4.74 Å². The minimum Gasteiger partial charge on any atom is -0.439 e. The average Bonchev–Trinajstić information content (AvgIpc) is 3.08. The predicted molar refractivity (Wildman–Crippen MR) is 93.7 cm³/mol. The van der Waals surface area contributed by atoms with E-state index in [4.69, 9.17) is 4.74 Å². The molecule has 1 aliphatic rings. The zero-order valence-electron chi connectivity index (χ0n) is 14.6. The zero-order valence-corrected chi connectivity index (χ0v) is 14.6. The number of aromatic nitrogens is 3. The molecule has 29 heavy (non-hydrogen) atoms. The van der Waals surface area contributed by atoms with Crippen LogP contribution in [0.4, 0.5) is 18.0 Å². The van der Waals surface area contributed by atoms with Crippen LogP contribution in [-0.4, -0.2) is 21.0 Å². The molecule has 0 spiro atoms. The van der Waals surface area contributed by atoms with Gasteiger partial charge in [-0.1, -0.05) is 5.92 Å². The molecule has 9 heteroatoms. The van der Waals surface area contributed by atoms with E-state index in [9.17, 15) is 18.0 Å². The summed E-state index contributed by atoms with van der Waals surface area (Å²) >= 11 is 0. The maximum Gasteiger partial charge on any atom is 0.408 e. The van der Waals surface area contributed by atoms with Crippen molar-refractivity contribution in [3.05, 3.63) is 89.0 Å². The SMILES string of the molecule is O=C1NC(c2cncc(C#Cc3cnccn3)c2)C(c2c(F)cc(F)cc2F)O1. The Bertz CT molecular complexity index is 1120. The highest BCUT2D eigenvalue weighted by Gasteiger charge is 2.40. The first-order valence-electron chi connectivity index (χ1n) is 8.36. The highest BCUT2D eigenvalue weighted by atomic mass is 19.1. The summed E-state index contributed by atoms with van der Waals surface area (Å²) in [4.78, 5) is 23.8. The molecule has 1 aromatic carbocycles. The molecule has 2 aromatic heterocycles. The Hall–Kier alpha value is -3.93. The first-order chi connectivity index (χ1) is 14.0. The number of nitrogens with one attached hydrogen (secondary N) is 1. The number of nitrogens with zero attached hydrogens (tertiary/aromatic N) is 3. The molecule has 0 radical (unpaired) electrons. The van der Waals surface area contributed by atoms with E-state index in [1.165, 1.54) is 31.0 Å². The van der Waals surface area contributed by atoms with Crippen LogP contribution in [0.25, 0.3) is 0 Å². The molecule has 1 saturated heterocycles. The van der Waals surface area contributed by atoms with Gasteiger partial charge in [-0.3, -0.25) is 9.97 Å². The molecule has 144 valence electrons. The maximum absolute atomic E-state index is 14.2. The van der Waals surface area contributed by atoms with Gasteiger partial charge in [-0.15, -0.1) is 0 Å².